The van der Waals surface area contributed by atoms with Crippen molar-refractivity contribution in [3.8, 4) is 0 Å². The van der Waals surface area contributed by atoms with Crippen LogP contribution < -0.4 is 16.0 Å². The van der Waals surface area contributed by atoms with Gasteiger partial charge in [0.2, 0.25) is 5.91 Å². The Hall–Kier alpha value is -2.08. The molecule has 1 saturated heterocycles. The Morgan fingerprint density at radius 1 is 1.21 bits per heavy atom. The number of urea groups is 1. The lowest BCUT2D eigenvalue weighted by Crippen LogP contribution is -2.50. The predicted octanol–water partition coefficient (Wildman–Crippen LogP) is 2.04. The number of nitrogens with one attached hydrogen (secondary N) is 3. The summed E-state index contributed by atoms with van der Waals surface area (Å²) in [5.74, 6) is 0.624. The molecule has 2 rings (SSSR count). The van der Waals surface area contributed by atoms with Crippen LogP contribution in [-0.2, 0) is 4.79 Å². The highest BCUT2D eigenvalue weighted by atomic mass is 16.2. The van der Waals surface area contributed by atoms with E-state index in [9.17, 15) is 9.59 Å². The summed E-state index contributed by atoms with van der Waals surface area (Å²) in [6.45, 7) is 7.37. The average molecular weight is 332 g/mol. The number of piperidine rings is 1. The fourth-order valence-corrected chi connectivity index (χ4v) is 2.93. The van der Waals surface area contributed by atoms with Crippen LogP contribution in [0.3, 0.4) is 0 Å². The van der Waals surface area contributed by atoms with Gasteiger partial charge in [-0.3, -0.25) is 4.79 Å². The Bertz CT molecular complexity index is 527. The number of rotatable bonds is 6. The summed E-state index contributed by atoms with van der Waals surface area (Å²) in [5, 5.41) is 8.81. The molecule has 1 aliphatic heterocycles. The first kappa shape index (κ1) is 18.3. The van der Waals surface area contributed by atoms with Gasteiger partial charge in [-0.05, 0) is 50.9 Å². The van der Waals surface area contributed by atoms with Crippen LogP contribution in [0.5, 0.6) is 0 Å². The highest BCUT2D eigenvalue weighted by molar-refractivity contribution is 5.93. The van der Waals surface area contributed by atoms with Gasteiger partial charge in [-0.1, -0.05) is 25.1 Å². The third-order valence-corrected chi connectivity index (χ3v) is 4.36. The van der Waals surface area contributed by atoms with Crippen molar-refractivity contribution >= 4 is 17.6 Å². The van der Waals surface area contributed by atoms with Crippen molar-refractivity contribution in [1.29, 1.82) is 0 Å². The van der Waals surface area contributed by atoms with Crippen molar-refractivity contribution < 1.29 is 9.59 Å². The van der Waals surface area contributed by atoms with E-state index in [2.05, 4.69) is 22.9 Å². The molecule has 0 spiro atoms. The van der Waals surface area contributed by atoms with Gasteiger partial charge in [0.1, 0.15) is 6.04 Å². The van der Waals surface area contributed by atoms with E-state index in [1.807, 2.05) is 23.1 Å². The maximum Gasteiger partial charge on any atom is 0.319 e. The van der Waals surface area contributed by atoms with Gasteiger partial charge in [-0.15, -0.1) is 0 Å². The molecule has 132 valence electrons. The first-order valence-corrected chi connectivity index (χ1v) is 8.72. The van der Waals surface area contributed by atoms with Gasteiger partial charge in [-0.25, -0.2) is 4.79 Å². The predicted molar refractivity (Wildman–Crippen MR) is 95.9 cm³/mol. The maximum absolute atomic E-state index is 12.5. The van der Waals surface area contributed by atoms with Crippen LogP contribution in [0.2, 0.25) is 0 Å². The van der Waals surface area contributed by atoms with Gasteiger partial charge in [0.25, 0.3) is 0 Å². The monoisotopic (exact) mass is 332 g/mol. The SMILES string of the molecule is CCNCC1CCN(C(=O)C(C)NC(=O)Nc2ccccc2)CC1. The molecular weight excluding hydrogens is 304 g/mol. The number of benzene rings is 1. The molecule has 6 heteroatoms. The molecule has 6 nitrogen and oxygen atoms in total. The number of carbonyl (C=O) groups excluding carboxylic acids is 2. The molecule has 1 heterocycles. The maximum atomic E-state index is 12.5. The molecule has 24 heavy (non-hydrogen) atoms. The molecule has 3 amide bonds. The fraction of sp³-hybridized carbons (Fsp3) is 0.556. The number of hydrogen-bond acceptors (Lipinski definition) is 3. The minimum atomic E-state index is -0.529. The van der Waals surface area contributed by atoms with Crippen molar-refractivity contribution in [2.24, 2.45) is 5.92 Å². The minimum absolute atomic E-state index is 0.0138. The van der Waals surface area contributed by atoms with E-state index in [0.29, 0.717) is 11.6 Å². The second-order valence-electron chi connectivity index (χ2n) is 6.26. The summed E-state index contributed by atoms with van der Waals surface area (Å²) >= 11 is 0. The van der Waals surface area contributed by atoms with Gasteiger partial charge in [0, 0.05) is 18.8 Å². The van der Waals surface area contributed by atoms with Crippen LogP contribution in [0.15, 0.2) is 30.3 Å². The van der Waals surface area contributed by atoms with Crippen LogP contribution in [0.25, 0.3) is 0 Å². The first-order chi connectivity index (χ1) is 11.6. The zero-order chi connectivity index (χ0) is 17.4. The summed E-state index contributed by atoms with van der Waals surface area (Å²) in [6, 6.07) is 8.31. The van der Waals surface area contributed by atoms with Gasteiger partial charge in [-0.2, -0.15) is 0 Å². The Balaban J connectivity index is 1.75. The number of nitrogens with zero attached hydrogens (tertiary/aromatic N) is 1. The van der Waals surface area contributed by atoms with E-state index in [-0.39, 0.29) is 11.9 Å². The number of anilines is 1. The van der Waals surface area contributed by atoms with Gasteiger partial charge < -0.3 is 20.9 Å². The topological polar surface area (TPSA) is 73.5 Å². The zero-order valence-electron chi connectivity index (χ0n) is 14.5. The Kier molecular flexibility index (Phi) is 7.06. The lowest BCUT2D eigenvalue weighted by molar-refractivity contribution is -0.134. The number of hydrogen-bond donors (Lipinski definition) is 3. The molecule has 0 aromatic heterocycles. The molecule has 1 aliphatic rings. The van der Waals surface area contributed by atoms with Crippen LogP contribution >= 0.6 is 0 Å². The van der Waals surface area contributed by atoms with Crippen molar-refractivity contribution in [3.63, 3.8) is 0 Å². The minimum Gasteiger partial charge on any atom is -0.341 e. The summed E-state index contributed by atoms with van der Waals surface area (Å²) in [6.07, 6.45) is 2.03. The molecule has 0 radical (unpaired) electrons. The van der Waals surface area contributed by atoms with E-state index in [4.69, 9.17) is 0 Å². The summed E-state index contributed by atoms with van der Waals surface area (Å²) in [4.78, 5) is 26.3. The third-order valence-electron chi connectivity index (χ3n) is 4.36. The molecule has 0 aliphatic carbocycles. The fourth-order valence-electron chi connectivity index (χ4n) is 2.93. The van der Waals surface area contributed by atoms with Gasteiger partial charge >= 0.3 is 6.03 Å². The van der Waals surface area contributed by atoms with Crippen molar-refractivity contribution in [2.75, 3.05) is 31.5 Å². The largest absolute Gasteiger partial charge is 0.341 e. The molecule has 1 fully saturated rings. The van der Waals surface area contributed by atoms with E-state index in [1.54, 1.807) is 19.1 Å². The van der Waals surface area contributed by atoms with E-state index >= 15 is 0 Å². The summed E-state index contributed by atoms with van der Waals surface area (Å²) in [5.41, 5.74) is 0.707. The molecule has 1 aromatic rings. The summed E-state index contributed by atoms with van der Waals surface area (Å²) in [7, 11) is 0. The molecule has 0 bridgehead atoms. The normalized spacial score (nSPS) is 16.5. The smallest absolute Gasteiger partial charge is 0.319 e. The van der Waals surface area contributed by atoms with Crippen LogP contribution in [0.1, 0.15) is 26.7 Å². The Labute approximate surface area is 144 Å². The molecule has 1 unspecified atom stereocenters. The number of carbonyl (C=O) groups is 2. The average Bonchev–Trinajstić information content (AvgIpc) is 2.60. The van der Waals surface area contributed by atoms with E-state index in [1.165, 1.54) is 0 Å². The highest BCUT2D eigenvalue weighted by Gasteiger charge is 2.26. The molecule has 0 saturated carbocycles. The van der Waals surface area contributed by atoms with Crippen molar-refractivity contribution in [3.05, 3.63) is 30.3 Å². The quantitative estimate of drug-likeness (QED) is 0.746. The summed E-state index contributed by atoms with van der Waals surface area (Å²) < 4.78 is 0. The van der Waals surface area contributed by atoms with Crippen LogP contribution in [0, 0.1) is 5.92 Å². The molecule has 1 atom stereocenters. The molecule has 3 N–H and O–H groups in total. The van der Waals surface area contributed by atoms with Crippen molar-refractivity contribution in [2.45, 2.75) is 32.7 Å². The number of likely N-dealkylation sites (tertiary alicyclic amines) is 1. The second-order valence-corrected chi connectivity index (χ2v) is 6.26. The number of para-hydroxylation sites is 1. The van der Waals surface area contributed by atoms with Gasteiger partial charge in [0.05, 0.1) is 0 Å². The third kappa shape index (κ3) is 5.53. The number of amides is 3. The van der Waals surface area contributed by atoms with Gasteiger partial charge in [0.15, 0.2) is 0 Å². The van der Waals surface area contributed by atoms with E-state index < -0.39 is 6.04 Å². The Morgan fingerprint density at radius 3 is 2.50 bits per heavy atom. The van der Waals surface area contributed by atoms with E-state index in [0.717, 1.165) is 39.0 Å². The standard InChI is InChI=1S/C18H28N4O2/c1-3-19-13-15-9-11-22(12-10-15)17(23)14(2)20-18(24)21-16-7-5-4-6-8-16/h4-8,14-15,19H,3,9-13H2,1-2H3,(H2,20,21,24). The molecule has 1 aromatic carbocycles. The molecular formula is C18H28N4O2. The lowest BCUT2D eigenvalue weighted by Gasteiger charge is -2.33. The van der Waals surface area contributed by atoms with Crippen LogP contribution in [0.4, 0.5) is 10.5 Å². The Morgan fingerprint density at radius 2 is 1.88 bits per heavy atom. The zero-order valence-corrected chi connectivity index (χ0v) is 14.5. The van der Waals surface area contributed by atoms with Crippen LogP contribution in [-0.4, -0.2) is 49.1 Å². The van der Waals surface area contributed by atoms with Crippen molar-refractivity contribution in [1.82, 2.24) is 15.5 Å². The lowest BCUT2D eigenvalue weighted by atomic mass is 9.96. The first-order valence-electron chi connectivity index (χ1n) is 8.72. The highest BCUT2D eigenvalue weighted by Crippen LogP contribution is 2.17. The second kappa shape index (κ2) is 9.27.